The van der Waals surface area contributed by atoms with Gasteiger partial charge in [-0.3, -0.25) is 14.5 Å². The maximum Gasteiger partial charge on any atom is 0.322 e. The first kappa shape index (κ1) is 17.5. The maximum absolute atomic E-state index is 12.2. The normalized spacial score (nSPS) is 11.6. The SMILES string of the molecule is Cc1cc2nnc(SCC(=O)Nc3nnc(C(C)C)o3)n2c2ccccc12. The molecule has 3 aromatic heterocycles. The van der Waals surface area contributed by atoms with Crippen molar-refractivity contribution in [3.63, 3.8) is 0 Å². The van der Waals surface area contributed by atoms with Crippen LogP contribution in [0, 0.1) is 6.92 Å². The molecular weight excluding hydrogens is 364 g/mol. The van der Waals surface area contributed by atoms with Gasteiger partial charge in [0.05, 0.1) is 11.3 Å². The number of amides is 1. The van der Waals surface area contributed by atoms with E-state index in [0.29, 0.717) is 11.0 Å². The smallest absolute Gasteiger partial charge is 0.322 e. The number of aromatic nitrogens is 5. The average Bonchev–Trinajstić information content (AvgIpc) is 3.27. The monoisotopic (exact) mass is 382 g/mol. The number of carbonyl (C=O) groups is 1. The van der Waals surface area contributed by atoms with E-state index in [1.54, 1.807) is 0 Å². The van der Waals surface area contributed by atoms with Crippen LogP contribution >= 0.6 is 11.8 Å². The lowest BCUT2D eigenvalue weighted by Crippen LogP contribution is -2.14. The zero-order valence-corrected chi connectivity index (χ0v) is 15.9. The van der Waals surface area contributed by atoms with Gasteiger partial charge in [0.15, 0.2) is 10.8 Å². The van der Waals surface area contributed by atoms with Gasteiger partial charge in [-0.15, -0.1) is 15.3 Å². The van der Waals surface area contributed by atoms with E-state index in [9.17, 15) is 4.79 Å². The number of aryl methyl sites for hydroxylation is 1. The molecule has 4 aromatic rings. The highest BCUT2D eigenvalue weighted by atomic mass is 32.2. The largest absolute Gasteiger partial charge is 0.408 e. The number of benzene rings is 1. The molecule has 8 nitrogen and oxygen atoms in total. The predicted octanol–water partition coefficient (Wildman–Crippen LogP) is 3.43. The van der Waals surface area contributed by atoms with E-state index >= 15 is 0 Å². The molecule has 0 unspecified atom stereocenters. The number of thioether (sulfide) groups is 1. The van der Waals surface area contributed by atoms with Gasteiger partial charge in [0.2, 0.25) is 11.8 Å². The van der Waals surface area contributed by atoms with Crippen LogP contribution in [0.1, 0.15) is 31.2 Å². The van der Waals surface area contributed by atoms with Crippen molar-refractivity contribution in [2.45, 2.75) is 31.8 Å². The number of hydrogen-bond donors (Lipinski definition) is 1. The molecule has 1 amide bonds. The number of nitrogens with zero attached hydrogens (tertiary/aromatic N) is 5. The summed E-state index contributed by atoms with van der Waals surface area (Å²) in [6.07, 6.45) is 0. The fourth-order valence-electron chi connectivity index (χ4n) is 2.77. The topological polar surface area (TPSA) is 98.2 Å². The third-order valence-corrected chi connectivity index (χ3v) is 5.02. The van der Waals surface area contributed by atoms with Crippen LogP contribution in [-0.2, 0) is 4.79 Å². The van der Waals surface area contributed by atoms with Crippen LogP contribution in [0.5, 0.6) is 0 Å². The zero-order valence-electron chi connectivity index (χ0n) is 15.1. The molecule has 1 aromatic carbocycles. The quantitative estimate of drug-likeness (QED) is 0.528. The molecule has 0 saturated carbocycles. The van der Waals surface area contributed by atoms with Crippen molar-refractivity contribution in [3.05, 3.63) is 41.8 Å². The Hall–Kier alpha value is -2.94. The minimum Gasteiger partial charge on any atom is -0.408 e. The van der Waals surface area contributed by atoms with Gasteiger partial charge < -0.3 is 4.42 Å². The van der Waals surface area contributed by atoms with E-state index in [1.807, 2.05) is 49.4 Å². The number of nitrogens with one attached hydrogen (secondary N) is 1. The molecule has 138 valence electrons. The Labute approximate surface area is 159 Å². The molecule has 0 saturated heterocycles. The highest BCUT2D eigenvalue weighted by Crippen LogP contribution is 2.25. The van der Waals surface area contributed by atoms with E-state index in [0.717, 1.165) is 22.1 Å². The summed E-state index contributed by atoms with van der Waals surface area (Å²) in [5.74, 6) is 0.509. The lowest BCUT2D eigenvalue weighted by Gasteiger charge is -2.07. The molecule has 4 rings (SSSR count). The molecule has 0 fully saturated rings. The van der Waals surface area contributed by atoms with Gasteiger partial charge in [0.1, 0.15) is 0 Å². The summed E-state index contributed by atoms with van der Waals surface area (Å²) < 4.78 is 7.36. The first-order valence-electron chi connectivity index (χ1n) is 8.52. The second-order valence-electron chi connectivity index (χ2n) is 6.46. The molecule has 0 spiro atoms. The number of anilines is 1. The molecule has 3 heterocycles. The standard InChI is InChI=1S/C18H18N6O2S/c1-10(2)16-21-22-17(26-16)19-15(25)9-27-18-23-20-14-8-11(3)12-6-4-5-7-13(12)24(14)18/h4-8,10H,9H2,1-3H3,(H,19,22,25). The summed E-state index contributed by atoms with van der Waals surface area (Å²) >= 11 is 1.31. The third-order valence-electron chi connectivity index (χ3n) is 4.09. The van der Waals surface area contributed by atoms with E-state index < -0.39 is 0 Å². The third kappa shape index (κ3) is 3.37. The summed E-state index contributed by atoms with van der Waals surface area (Å²) in [5, 5.41) is 20.6. The lowest BCUT2D eigenvalue weighted by molar-refractivity contribution is -0.113. The molecule has 0 radical (unpaired) electrons. The van der Waals surface area contributed by atoms with E-state index in [1.165, 1.54) is 11.8 Å². The van der Waals surface area contributed by atoms with Crippen molar-refractivity contribution in [1.29, 1.82) is 0 Å². The molecule has 0 aliphatic rings. The van der Waals surface area contributed by atoms with Crippen molar-refractivity contribution in [2.75, 3.05) is 11.1 Å². The van der Waals surface area contributed by atoms with Crippen LogP contribution in [-0.4, -0.2) is 36.5 Å². The van der Waals surface area contributed by atoms with Gasteiger partial charge in [-0.1, -0.05) is 48.9 Å². The van der Waals surface area contributed by atoms with Gasteiger partial charge in [-0.05, 0) is 24.6 Å². The maximum atomic E-state index is 12.2. The van der Waals surface area contributed by atoms with Gasteiger partial charge in [-0.2, -0.15) is 0 Å². The Morgan fingerprint density at radius 1 is 1.22 bits per heavy atom. The van der Waals surface area contributed by atoms with Crippen LogP contribution in [0.25, 0.3) is 16.6 Å². The number of carbonyl (C=O) groups excluding carboxylic acids is 1. The van der Waals surface area contributed by atoms with Crippen molar-refractivity contribution in [2.24, 2.45) is 0 Å². The van der Waals surface area contributed by atoms with Gasteiger partial charge in [0.25, 0.3) is 0 Å². The fraction of sp³-hybridized carbons (Fsp3) is 0.278. The Bertz CT molecular complexity index is 1130. The van der Waals surface area contributed by atoms with Crippen LogP contribution in [0.3, 0.4) is 0 Å². The fourth-order valence-corrected chi connectivity index (χ4v) is 3.52. The van der Waals surface area contributed by atoms with Gasteiger partial charge in [0, 0.05) is 11.3 Å². The Balaban J connectivity index is 1.53. The minimum atomic E-state index is -0.243. The second kappa shape index (κ2) is 6.99. The highest BCUT2D eigenvalue weighted by Gasteiger charge is 2.15. The van der Waals surface area contributed by atoms with E-state index in [2.05, 4.69) is 31.8 Å². The first-order valence-corrected chi connectivity index (χ1v) is 9.51. The molecular formula is C18H18N6O2S. The van der Waals surface area contributed by atoms with Gasteiger partial charge >= 0.3 is 6.01 Å². The Morgan fingerprint density at radius 2 is 2.04 bits per heavy atom. The number of para-hydroxylation sites is 1. The number of fused-ring (bicyclic) bond motifs is 3. The molecule has 1 N–H and O–H groups in total. The summed E-state index contributed by atoms with van der Waals surface area (Å²) in [6.45, 7) is 5.93. The van der Waals surface area contributed by atoms with Gasteiger partial charge in [-0.25, -0.2) is 0 Å². The zero-order chi connectivity index (χ0) is 19.0. The first-order chi connectivity index (χ1) is 13.0. The van der Waals surface area contributed by atoms with Crippen LogP contribution < -0.4 is 5.32 Å². The highest BCUT2D eigenvalue weighted by molar-refractivity contribution is 7.99. The molecule has 0 bridgehead atoms. The van der Waals surface area contributed by atoms with Crippen molar-refractivity contribution in [1.82, 2.24) is 24.8 Å². The number of hydrogen-bond acceptors (Lipinski definition) is 7. The minimum absolute atomic E-state index is 0.108. The predicted molar refractivity (Wildman–Crippen MR) is 103 cm³/mol. The lowest BCUT2D eigenvalue weighted by atomic mass is 10.1. The van der Waals surface area contributed by atoms with E-state index in [-0.39, 0.29) is 23.6 Å². The Morgan fingerprint density at radius 3 is 2.81 bits per heavy atom. The van der Waals surface area contributed by atoms with E-state index in [4.69, 9.17) is 4.42 Å². The average molecular weight is 382 g/mol. The summed E-state index contributed by atoms with van der Waals surface area (Å²) in [7, 11) is 0. The molecule has 0 aliphatic carbocycles. The molecule has 9 heteroatoms. The van der Waals surface area contributed by atoms with Crippen molar-refractivity contribution >= 4 is 40.2 Å². The number of pyridine rings is 1. The van der Waals surface area contributed by atoms with Crippen LogP contribution in [0.15, 0.2) is 39.9 Å². The number of rotatable bonds is 5. The van der Waals surface area contributed by atoms with Crippen LogP contribution in [0.2, 0.25) is 0 Å². The van der Waals surface area contributed by atoms with Crippen molar-refractivity contribution < 1.29 is 9.21 Å². The summed E-state index contributed by atoms with van der Waals surface area (Å²) in [4.78, 5) is 12.2. The van der Waals surface area contributed by atoms with Crippen molar-refractivity contribution in [3.8, 4) is 0 Å². The molecule has 27 heavy (non-hydrogen) atoms. The second-order valence-corrected chi connectivity index (χ2v) is 7.40. The molecule has 0 atom stereocenters. The summed E-state index contributed by atoms with van der Waals surface area (Å²) in [5.41, 5.74) is 2.91. The molecule has 0 aliphatic heterocycles. The summed E-state index contributed by atoms with van der Waals surface area (Å²) in [6, 6.07) is 10.2. The van der Waals surface area contributed by atoms with Crippen LogP contribution in [0.4, 0.5) is 6.01 Å². The Kier molecular flexibility index (Phi) is 4.53.